The molecule has 0 radical (unpaired) electrons. The lowest BCUT2D eigenvalue weighted by Gasteiger charge is -2.21. The smallest absolute Gasteiger partial charge is 0.305 e. The van der Waals surface area contributed by atoms with Crippen molar-refractivity contribution >= 4 is 34.0 Å². The van der Waals surface area contributed by atoms with Crippen molar-refractivity contribution in [3.8, 4) is 11.3 Å². The van der Waals surface area contributed by atoms with E-state index in [-0.39, 0.29) is 6.42 Å². The number of hydrogen-bond donors (Lipinski definition) is 1. The number of carbonyl (C=O) groups is 1. The Morgan fingerprint density at radius 1 is 1.20 bits per heavy atom. The van der Waals surface area contributed by atoms with Crippen LogP contribution in [-0.4, -0.2) is 22.6 Å². The summed E-state index contributed by atoms with van der Waals surface area (Å²) in [4.78, 5) is 19.5. The minimum absolute atomic E-state index is 0.0671. The molecule has 158 valence electrons. The van der Waals surface area contributed by atoms with Gasteiger partial charge >= 0.3 is 5.97 Å². The van der Waals surface area contributed by atoms with Crippen LogP contribution in [0.5, 0.6) is 0 Å². The number of hydrogen-bond acceptors (Lipinski definition) is 4. The summed E-state index contributed by atoms with van der Waals surface area (Å²) in [6.45, 7) is 7.40. The van der Waals surface area contributed by atoms with Crippen molar-refractivity contribution in [1.29, 1.82) is 0 Å². The number of thiazole rings is 1. The third-order valence-electron chi connectivity index (χ3n) is 4.81. The van der Waals surface area contributed by atoms with E-state index >= 15 is 0 Å². The van der Waals surface area contributed by atoms with Crippen LogP contribution in [-0.2, 0) is 17.8 Å². The second kappa shape index (κ2) is 10.1. The Kier molecular flexibility index (Phi) is 7.51. The molecule has 3 rings (SSSR count). The fourth-order valence-corrected chi connectivity index (χ4v) is 4.73. The quantitative estimate of drug-likeness (QED) is 0.413. The normalized spacial score (nSPS) is 11.1. The molecule has 0 saturated carbocycles. The second-order valence-electron chi connectivity index (χ2n) is 7.88. The van der Waals surface area contributed by atoms with Crippen LogP contribution in [0.25, 0.3) is 11.3 Å². The lowest BCUT2D eigenvalue weighted by molar-refractivity contribution is -0.136. The summed E-state index contributed by atoms with van der Waals surface area (Å²) in [6, 6.07) is 16.1. The highest BCUT2D eigenvalue weighted by Crippen LogP contribution is 2.36. The van der Waals surface area contributed by atoms with Gasteiger partial charge in [-0.1, -0.05) is 67.9 Å². The van der Waals surface area contributed by atoms with Gasteiger partial charge in [-0.25, -0.2) is 4.98 Å². The van der Waals surface area contributed by atoms with Gasteiger partial charge in [0.05, 0.1) is 12.1 Å². The molecule has 0 fully saturated rings. The predicted octanol–water partition coefficient (Wildman–Crippen LogP) is 6.45. The van der Waals surface area contributed by atoms with Crippen molar-refractivity contribution in [3.05, 3.63) is 69.6 Å². The molecule has 6 heteroatoms. The molecule has 0 unspecified atom stereocenters. The van der Waals surface area contributed by atoms with E-state index in [0.29, 0.717) is 19.0 Å². The van der Waals surface area contributed by atoms with Crippen LogP contribution in [0, 0.1) is 12.8 Å². The fourth-order valence-electron chi connectivity index (χ4n) is 3.23. The summed E-state index contributed by atoms with van der Waals surface area (Å²) in [6.07, 6.45) is 0.980. The summed E-state index contributed by atoms with van der Waals surface area (Å²) < 4.78 is 0. The highest BCUT2D eigenvalue weighted by molar-refractivity contribution is 7.16. The van der Waals surface area contributed by atoms with Crippen molar-refractivity contribution in [2.45, 2.75) is 40.2 Å². The van der Waals surface area contributed by atoms with Crippen molar-refractivity contribution in [2.75, 3.05) is 11.4 Å². The molecule has 3 aromatic rings. The maximum Gasteiger partial charge on any atom is 0.305 e. The highest BCUT2D eigenvalue weighted by atomic mass is 35.5. The summed E-state index contributed by atoms with van der Waals surface area (Å²) in [5.41, 5.74) is 4.11. The first-order valence-corrected chi connectivity index (χ1v) is 11.3. The van der Waals surface area contributed by atoms with Gasteiger partial charge < -0.3 is 10.0 Å². The third-order valence-corrected chi connectivity index (χ3v) is 6.35. The fraction of sp³-hybridized carbons (Fsp3) is 0.333. The molecule has 4 nitrogen and oxygen atoms in total. The molecule has 1 N–H and O–H groups in total. The molecule has 0 aliphatic rings. The van der Waals surface area contributed by atoms with Gasteiger partial charge in [0.25, 0.3) is 0 Å². The Bertz CT molecular complexity index is 1000. The Balaban J connectivity index is 2.00. The monoisotopic (exact) mass is 442 g/mol. The summed E-state index contributed by atoms with van der Waals surface area (Å²) in [5.74, 6) is -0.322. The summed E-state index contributed by atoms with van der Waals surface area (Å²) in [5, 5.41) is 10.8. The average molecular weight is 443 g/mol. The van der Waals surface area contributed by atoms with Crippen LogP contribution in [0.1, 0.15) is 36.3 Å². The Morgan fingerprint density at radius 2 is 1.93 bits per heavy atom. The number of rotatable bonds is 9. The predicted molar refractivity (Wildman–Crippen MR) is 126 cm³/mol. The number of nitrogens with zero attached hydrogens (tertiary/aromatic N) is 2. The molecule has 1 aromatic heterocycles. The molecule has 1 heterocycles. The van der Waals surface area contributed by atoms with Crippen LogP contribution in [0.3, 0.4) is 0 Å². The third kappa shape index (κ3) is 5.83. The first-order chi connectivity index (χ1) is 14.3. The van der Waals surface area contributed by atoms with E-state index in [9.17, 15) is 9.90 Å². The number of anilines is 1. The first-order valence-electron chi connectivity index (χ1n) is 10.1. The average Bonchev–Trinajstić information content (AvgIpc) is 3.11. The van der Waals surface area contributed by atoms with Gasteiger partial charge in [0.15, 0.2) is 5.13 Å². The Hall–Kier alpha value is -2.37. The van der Waals surface area contributed by atoms with Gasteiger partial charge in [-0.15, -0.1) is 11.3 Å². The molecule has 0 spiro atoms. The number of aromatic nitrogens is 1. The van der Waals surface area contributed by atoms with E-state index in [0.717, 1.165) is 39.0 Å². The van der Waals surface area contributed by atoms with Gasteiger partial charge in [0.2, 0.25) is 0 Å². The minimum atomic E-state index is -0.808. The van der Waals surface area contributed by atoms with Gasteiger partial charge in [0, 0.05) is 28.6 Å². The number of carboxylic acid groups (broad SMARTS) is 1. The SMILES string of the molecule is Cc1ccc(-c2nc(N(CCC(=O)O)Cc3ccccc3)sc2CC(C)C)cc1Cl. The highest BCUT2D eigenvalue weighted by Gasteiger charge is 2.20. The number of aliphatic carboxylic acids is 1. The number of halogens is 1. The van der Waals surface area contributed by atoms with Gasteiger partial charge in [-0.05, 0) is 36.5 Å². The van der Waals surface area contributed by atoms with Crippen LogP contribution in [0.2, 0.25) is 5.02 Å². The van der Waals surface area contributed by atoms with Gasteiger partial charge in [0.1, 0.15) is 0 Å². The van der Waals surface area contributed by atoms with Crippen LogP contribution >= 0.6 is 22.9 Å². The van der Waals surface area contributed by atoms with E-state index in [1.165, 1.54) is 4.88 Å². The zero-order valence-electron chi connectivity index (χ0n) is 17.6. The summed E-state index contributed by atoms with van der Waals surface area (Å²) in [7, 11) is 0. The maximum atomic E-state index is 11.2. The van der Waals surface area contributed by atoms with E-state index in [4.69, 9.17) is 16.6 Å². The molecule has 0 bridgehead atoms. The molecule has 30 heavy (non-hydrogen) atoms. The van der Waals surface area contributed by atoms with Crippen molar-refractivity contribution < 1.29 is 9.90 Å². The molecular formula is C24H27ClN2O2S. The van der Waals surface area contributed by atoms with Gasteiger partial charge in [-0.2, -0.15) is 0 Å². The Labute approximate surface area is 187 Å². The number of carboxylic acids is 1. The Morgan fingerprint density at radius 3 is 2.57 bits per heavy atom. The van der Waals surface area contributed by atoms with Crippen LogP contribution in [0.4, 0.5) is 5.13 Å². The zero-order chi connectivity index (χ0) is 21.7. The molecule has 0 amide bonds. The first kappa shape index (κ1) is 22.3. The molecule has 2 aromatic carbocycles. The van der Waals surface area contributed by atoms with E-state index in [1.807, 2.05) is 37.3 Å². The molecular weight excluding hydrogens is 416 g/mol. The lowest BCUT2D eigenvalue weighted by atomic mass is 10.0. The molecule has 0 aliphatic heterocycles. The largest absolute Gasteiger partial charge is 0.481 e. The summed E-state index contributed by atoms with van der Waals surface area (Å²) >= 11 is 8.03. The number of benzene rings is 2. The van der Waals surface area contributed by atoms with Crippen molar-refractivity contribution in [1.82, 2.24) is 4.98 Å². The second-order valence-corrected chi connectivity index (χ2v) is 9.35. The lowest BCUT2D eigenvalue weighted by Crippen LogP contribution is -2.25. The maximum absolute atomic E-state index is 11.2. The van der Waals surface area contributed by atoms with E-state index < -0.39 is 5.97 Å². The minimum Gasteiger partial charge on any atom is -0.481 e. The molecule has 0 saturated heterocycles. The van der Waals surface area contributed by atoms with Crippen molar-refractivity contribution in [3.63, 3.8) is 0 Å². The molecule has 0 aliphatic carbocycles. The van der Waals surface area contributed by atoms with Crippen LogP contribution in [0.15, 0.2) is 48.5 Å². The van der Waals surface area contributed by atoms with Crippen LogP contribution < -0.4 is 4.90 Å². The van der Waals surface area contributed by atoms with E-state index in [2.05, 4.69) is 36.9 Å². The molecule has 0 atom stereocenters. The standard InChI is InChI=1S/C24H27ClN2O2S/c1-16(2)13-21-23(19-10-9-17(3)20(25)14-19)26-24(30-21)27(12-11-22(28)29)15-18-7-5-4-6-8-18/h4-10,14,16H,11-13,15H2,1-3H3,(H,28,29). The van der Waals surface area contributed by atoms with Gasteiger partial charge in [-0.3, -0.25) is 4.79 Å². The van der Waals surface area contributed by atoms with Crippen molar-refractivity contribution in [2.24, 2.45) is 5.92 Å². The zero-order valence-corrected chi connectivity index (χ0v) is 19.1. The van der Waals surface area contributed by atoms with E-state index in [1.54, 1.807) is 11.3 Å². The number of aryl methyl sites for hydroxylation is 1. The topological polar surface area (TPSA) is 53.4 Å².